The molecule has 1 aliphatic heterocycles. The number of ether oxygens (including phenoxy) is 2. The third-order valence-electron chi connectivity index (χ3n) is 6.13. The molecular formula is C27H25ClF3N3O4. The largest absolute Gasteiger partial charge is 0.497 e. The molecule has 5 rings (SSSR count). The molecule has 7 nitrogen and oxygen atoms in total. The van der Waals surface area contributed by atoms with Crippen LogP contribution in [0.15, 0.2) is 60.9 Å². The molecule has 0 spiro atoms. The fourth-order valence-corrected chi connectivity index (χ4v) is 4.37. The number of fused-ring (bicyclic) bond motifs is 2. The standard InChI is InChI=1S/C25H24ClN3O2.C2HF3O2/c1-30-22-4-5-24-19(14-22)12-20(25(26)28-24)16-29-10-7-21(8-11-29)31-23-3-2-18-15-27-9-6-17(18)13-23;3-2(4,5)1(6)7/h2-6,9,12-15,21H,7-8,10-11,16H2,1H3;(H,6,7). The lowest BCUT2D eigenvalue weighted by molar-refractivity contribution is -0.192. The van der Waals surface area contributed by atoms with Crippen molar-refractivity contribution in [3.05, 3.63) is 71.6 Å². The zero-order valence-corrected chi connectivity index (χ0v) is 21.2. The summed E-state index contributed by atoms with van der Waals surface area (Å²) in [7, 11) is 1.67. The number of rotatable bonds is 5. The third-order valence-corrected chi connectivity index (χ3v) is 6.46. The summed E-state index contributed by atoms with van der Waals surface area (Å²) in [5.41, 5.74) is 1.93. The van der Waals surface area contributed by atoms with Crippen LogP contribution in [-0.4, -0.2) is 58.4 Å². The van der Waals surface area contributed by atoms with Crippen molar-refractivity contribution < 1.29 is 32.5 Å². The Labute approximate surface area is 221 Å². The number of piperidine rings is 1. The zero-order chi connectivity index (χ0) is 27.3. The topological polar surface area (TPSA) is 84.8 Å². The van der Waals surface area contributed by atoms with E-state index in [9.17, 15) is 13.2 Å². The first-order valence-corrected chi connectivity index (χ1v) is 12.2. The average Bonchev–Trinajstić information content (AvgIpc) is 2.90. The molecule has 0 radical (unpaired) electrons. The number of aliphatic carboxylic acids is 1. The van der Waals surface area contributed by atoms with Crippen LogP contribution in [0.25, 0.3) is 21.7 Å². The lowest BCUT2D eigenvalue weighted by Gasteiger charge is -2.32. The molecular weight excluding hydrogens is 523 g/mol. The summed E-state index contributed by atoms with van der Waals surface area (Å²) < 4.78 is 43.3. The predicted octanol–water partition coefficient (Wildman–Crippen LogP) is 6.12. The number of likely N-dealkylation sites (tertiary alicyclic amines) is 1. The summed E-state index contributed by atoms with van der Waals surface area (Å²) >= 11 is 6.48. The Balaban J connectivity index is 0.000000426. The monoisotopic (exact) mass is 547 g/mol. The molecule has 1 aliphatic rings. The number of alkyl halides is 3. The highest BCUT2D eigenvalue weighted by Crippen LogP contribution is 2.27. The van der Waals surface area contributed by atoms with Crippen LogP contribution in [0.3, 0.4) is 0 Å². The van der Waals surface area contributed by atoms with Gasteiger partial charge >= 0.3 is 12.1 Å². The fourth-order valence-electron chi connectivity index (χ4n) is 4.17. The molecule has 0 unspecified atom stereocenters. The van der Waals surface area contributed by atoms with E-state index in [1.54, 1.807) is 7.11 Å². The number of benzene rings is 2. The lowest BCUT2D eigenvalue weighted by Crippen LogP contribution is -2.37. The summed E-state index contributed by atoms with van der Waals surface area (Å²) in [5.74, 6) is -1.01. The number of halogens is 4. The van der Waals surface area contributed by atoms with E-state index >= 15 is 0 Å². The Morgan fingerprint density at radius 2 is 1.74 bits per heavy atom. The van der Waals surface area contributed by atoms with Crippen molar-refractivity contribution in [2.75, 3.05) is 20.2 Å². The molecule has 3 heterocycles. The van der Waals surface area contributed by atoms with Gasteiger partial charge in [0, 0.05) is 48.4 Å². The van der Waals surface area contributed by atoms with Crippen molar-refractivity contribution in [2.24, 2.45) is 0 Å². The van der Waals surface area contributed by atoms with E-state index in [0.717, 1.165) is 71.2 Å². The number of pyridine rings is 2. The minimum Gasteiger partial charge on any atom is -0.497 e. The molecule has 38 heavy (non-hydrogen) atoms. The molecule has 1 N–H and O–H groups in total. The lowest BCUT2D eigenvalue weighted by atomic mass is 10.1. The number of nitrogens with zero attached hydrogens (tertiary/aromatic N) is 3. The van der Waals surface area contributed by atoms with Crippen molar-refractivity contribution in [1.82, 2.24) is 14.9 Å². The number of hydrogen-bond acceptors (Lipinski definition) is 6. The van der Waals surface area contributed by atoms with Gasteiger partial charge in [-0.15, -0.1) is 0 Å². The van der Waals surface area contributed by atoms with Crippen LogP contribution >= 0.6 is 11.6 Å². The SMILES string of the molecule is COc1ccc2nc(Cl)c(CN3CCC(Oc4ccc5cnccc5c4)CC3)cc2c1.O=C(O)C(F)(F)F. The number of hydrogen-bond donors (Lipinski definition) is 1. The summed E-state index contributed by atoms with van der Waals surface area (Å²) in [4.78, 5) is 20.0. The number of methoxy groups -OCH3 is 1. The van der Waals surface area contributed by atoms with Crippen molar-refractivity contribution in [2.45, 2.75) is 31.7 Å². The fraction of sp³-hybridized carbons (Fsp3) is 0.296. The van der Waals surface area contributed by atoms with E-state index < -0.39 is 12.1 Å². The highest BCUT2D eigenvalue weighted by molar-refractivity contribution is 6.30. The van der Waals surface area contributed by atoms with Crippen LogP contribution in [0, 0.1) is 0 Å². The number of carboxylic acid groups (broad SMARTS) is 1. The summed E-state index contributed by atoms with van der Waals surface area (Å²) in [6.45, 7) is 2.72. The molecule has 0 bridgehead atoms. The van der Waals surface area contributed by atoms with Crippen LogP contribution in [0.4, 0.5) is 13.2 Å². The Bertz CT molecular complexity index is 1430. The highest BCUT2D eigenvalue weighted by atomic mass is 35.5. The van der Waals surface area contributed by atoms with Crippen LogP contribution in [0.5, 0.6) is 11.5 Å². The summed E-state index contributed by atoms with van der Waals surface area (Å²) in [6.07, 6.45) is 0.806. The van der Waals surface area contributed by atoms with E-state index in [1.807, 2.05) is 42.7 Å². The van der Waals surface area contributed by atoms with E-state index in [2.05, 4.69) is 33.1 Å². The maximum Gasteiger partial charge on any atom is 0.490 e. The average molecular weight is 548 g/mol. The Morgan fingerprint density at radius 3 is 2.42 bits per heavy atom. The predicted molar refractivity (Wildman–Crippen MR) is 138 cm³/mol. The maximum absolute atomic E-state index is 10.6. The number of aromatic nitrogens is 2. The van der Waals surface area contributed by atoms with Crippen LogP contribution in [-0.2, 0) is 11.3 Å². The van der Waals surface area contributed by atoms with Crippen molar-refractivity contribution in [3.8, 4) is 11.5 Å². The number of carboxylic acids is 1. The highest BCUT2D eigenvalue weighted by Gasteiger charge is 2.38. The minimum atomic E-state index is -5.08. The van der Waals surface area contributed by atoms with Crippen molar-refractivity contribution in [3.63, 3.8) is 0 Å². The smallest absolute Gasteiger partial charge is 0.490 e. The zero-order valence-electron chi connectivity index (χ0n) is 20.4. The minimum absolute atomic E-state index is 0.227. The molecule has 1 fully saturated rings. The van der Waals surface area contributed by atoms with Gasteiger partial charge in [0.15, 0.2) is 0 Å². The first-order chi connectivity index (χ1) is 18.1. The van der Waals surface area contributed by atoms with Gasteiger partial charge in [0.1, 0.15) is 22.8 Å². The van der Waals surface area contributed by atoms with E-state index in [4.69, 9.17) is 31.0 Å². The van der Waals surface area contributed by atoms with Gasteiger partial charge < -0.3 is 14.6 Å². The quantitative estimate of drug-likeness (QED) is 0.301. The molecule has 0 amide bonds. The first-order valence-electron chi connectivity index (χ1n) is 11.8. The molecule has 2 aromatic carbocycles. The normalized spacial score (nSPS) is 14.7. The van der Waals surface area contributed by atoms with E-state index in [1.165, 1.54) is 0 Å². The molecule has 200 valence electrons. The molecule has 2 aromatic heterocycles. The van der Waals surface area contributed by atoms with Crippen molar-refractivity contribution in [1.29, 1.82) is 0 Å². The molecule has 11 heteroatoms. The summed E-state index contributed by atoms with van der Waals surface area (Å²) in [6, 6.07) is 16.2. The maximum atomic E-state index is 10.6. The van der Waals surface area contributed by atoms with Gasteiger partial charge in [-0.2, -0.15) is 13.2 Å². The van der Waals surface area contributed by atoms with Crippen LogP contribution in [0.2, 0.25) is 5.15 Å². The second-order valence-electron chi connectivity index (χ2n) is 8.78. The second kappa shape index (κ2) is 11.8. The Morgan fingerprint density at radius 1 is 1.05 bits per heavy atom. The van der Waals surface area contributed by atoms with Gasteiger partial charge in [-0.3, -0.25) is 9.88 Å². The molecule has 4 aromatic rings. The van der Waals surface area contributed by atoms with Gasteiger partial charge in [0.25, 0.3) is 0 Å². The van der Waals surface area contributed by atoms with Crippen LogP contribution in [0.1, 0.15) is 18.4 Å². The summed E-state index contributed by atoms with van der Waals surface area (Å²) in [5, 5.41) is 11.0. The number of carbonyl (C=O) groups is 1. The van der Waals surface area contributed by atoms with Gasteiger partial charge in [-0.05, 0) is 66.8 Å². The van der Waals surface area contributed by atoms with Gasteiger partial charge in [0.2, 0.25) is 0 Å². The van der Waals surface area contributed by atoms with E-state index in [0.29, 0.717) is 5.15 Å². The molecule has 0 atom stereocenters. The van der Waals surface area contributed by atoms with Gasteiger partial charge in [0.05, 0.1) is 12.6 Å². The van der Waals surface area contributed by atoms with Crippen LogP contribution < -0.4 is 9.47 Å². The second-order valence-corrected chi connectivity index (χ2v) is 9.14. The van der Waals surface area contributed by atoms with Crippen molar-refractivity contribution >= 4 is 39.2 Å². The van der Waals surface area contributed by atoms with Gasteiger partial charge in [-0.1, -0.05) is 11.6 Å². The van der Waals surface area contributed by atoms with E-state index in [-0.39, 0.29) is 6.10 Å². The molecule has 1 saturated heterocycles. The van der Waals surface area contributed by atoms with Gasteiger partial charge in [-0.25, -0.2) is 9.78 Å². The molecule has 0 aliphatic carbocycles. The third kappa shape index (κ3) is 7.02. The Hall–Kier alpha value is -3.63. The molecule has 0 saturated carbocycles. The Kier molecular flexibility index (Phi) is 8.53. The first kappa shape index (κ1) is 27.4.